The first-order valence-electron chi connectivity index (χ1n) is 9.14. The molecule has 1 aliphatic heterocycles. The quantitative estimate of drug-likeness (QED) is 0.690. The van der Waals surface area contributed by atoms with Gasteiger partial charge in [-0.2, -0.15) is 5.26 Å². The molecule has 0 saturated carbocycles. The fourth-order valence-corrected chi connectivity index (χ4v) is 3.31. The average Bonchev–Trinajstić information content (AvgIpc) is 2.73. The molecule has 0 fully saturated rings. The lowest BCUT2D eigenvalue weighted by atomic mass is 10.0. The maximum absolute atomic E-state index is 11.7. The SMILES string of the molecule is CNC1=C(C(N)Nc2ccc(-c3cncc(C#N)c3)cc2)CN(C(C)=O)CC1. The number of nitrogens with two attached hydrogens (primary N) is 1. The van der Waals surface area contributed by atoms with Gasteiger partial charge in [-0.05, 0) is 23.8 Å². The van der Waals surface area contributed by atoms with Crippen molar-refractivity contribution in [3.05, 3.63) is 59.6 Å². The van der Waals surface area contributed by atoms with Crippen LogP contribution in [-0.2, 0) is 4.79 Å². The van der Waals surface area contributed by atoms with Gasteiger partial charge < -0.3 is 21.3 Å². The molecule has 0 radical (unpaired) electrons. The molecular weight excluding hydrogens is 352 g/mol. The molecule has 2 heterocycles. The van der Waals surface area contributed by atoms with Gasteiger partial charge in [-0.1, -0.05) is 12.1 Å². The van der Waals surface area contributed by atoms with Crippen LogP contribution in [0.2, 0.25) is 0 Å². The zero-order valence-electron chi connectivity index (χ0n) is 16.1. The van der Waals surface area contributed by atoms with Crippen molar-refractivity contribution in [1.82, 2.24) is 15.2 Å². The molecular formula is C21H24N6O. The van der Waals surface area contributed by atoms with Crippen molar-refractivity contribution in [2.45, 2.75) is 19.5 Å². The van der Waals surface area contributed by atoms with Crippen molar-refractivity contribution in [2.24, 2.45) is 5.73 Å². The van der Waals surface area contributed by atoms with E-state index in [2.05, 4.69) is 21.7 Å². The van der Waals surface area contributed by atoms with E-state index in [1.165, 1.54) is 0 Å². The summed E-state index contributed by atoms with van der Waals surface area (Å²) in [5.41, 5.74) is 11.7. The number of hydrogen-bond acceptors (Lipinski definition) is 6. The molecule has 3 rings (SSSR count). The second-order valence-corrected chi connectivity index (χ2v) is 6.72. The minimum absolute atomic E-state index is 0.0532. The molecule has 1 aliphatic rings. The van der Waals surface area contributed by atoms with Crippen LogP contribution in [0.15, 0.2) is 54.0 Å². The van der Waals surface area contributed by atoms with Crippen LogP contribution in [0.1, 0.15) is 18.9 Å². The van der Waals surface area contributed by atoms with Gasteiger partial charge in [-0.25, -0.2) is 0 Å². The third-order valence-corrected chi connectivity index (χ3v) is 4.91. The third kappa shape index (κ3) is 4.30. The molecule has 4 N–H and O–H groups in total. The molecule has 0 saturated heterocycles. The minimum atomic E-state index is -0.404. The fraction of sp³-hybridized carbons (Fsp3) is 0.286. The van der Waals surface area contributed by atoms with Crippen molar-refractivity contribution in [2.75, 3.05) is 25.5 Å². The summed E-state index contributed by atoms with van der Waals surface area (Å²) >= 11 is 0. The Morgan fingerprint density at radius 2 is 2.04 bits per heavy atom. The van der Waals surface area contributed by atoms with Crippen LogP contribution < -0.4 is 16.4 Å². The fourth-order valence-electron chi connectivity index (χ4n) is 3.31. The largest absolute Gasteiger partial charge is 0.391 e. The van der Waals surface area contributed by atoms with Gasteiger partial charge >= 0.3 is 0 Å². The summed E-state index contributed by atoms with van der Waals surface area (Å²) in [6, 6.07) is 11.7. The highest BCUT2D eigenvalue weighted by atomic mass is 16.2. The Morgan fingerprint density at radius 1 is 1.29 bits per heavy atom. The number of nitrogens with one attached hydrogen (secondary N) is 2. The lowest BCUT2D eigenvalue weighted by Gasteiger charge is -2.33. The smallest absolute Gasteiger partial charge is 0.219 e. The Hall–Kier alpha value is -3.37. The van der Waals surface area contributed by atoms with Gasteiger partial charge in [0.05, 0.1) is 5.56 Å². The first-order chi connectivity index (χ1) is 13.5. The molecule has 1 unspecified atom stereocenters. The highest BCUT2D eigenvalue weighted by Gasteiger charge is 2.24. The Kier molecular flexibility index (Phi) is 5.92. The van der Waals surface area contributed by atoms with Crippen LogP contribution in [0.3, 0.4) is 0 Å². The number of nitrogens with zero attached hydrogens (tertiary/aromatic N) is 3. The van der Waals surface area contributed by atoms with E-state index in [0.717, 1.165) is 34.5 Å². The van der Waals surface area contributed by atoms with E-state index in [-0.39, 0.29) is 5.91 Å². The molecule has 0 aliphatic carbocycles. The predicted molar refractivity (Wildman–Crippen MR) is 109 cm³/mol. The average molecular weight is 376 g/mol. The van der Waals surface area contributed by atoms with Crippen molar-refractivity contribution in [3.63, 3.8) is 0 Å². The Labute approximate surface area is 164 Å². The minimum Gasteiger partial charge on any atom is -0.391 e. The van der Waals surface area contributed by atoms with Crippen molar-refractivity contribution in [1.29, 1.82) is 5.26 Å². The molecule has 1 amide bonds. The summed E-state index contributed by atoms with van der Waals surface area (Å²) in [4.78, 5) is 17.6. The predicted octanol–water partition coefficient (Wildman–Crippen LogP) is 2.04. The molecule has 144 valence electrons. The number of carbonyl (C=O) groups is 1. The molecule has 1 aromatic carbocycles. The van der Waals surface area contributed by atoms with E-state index in [9.17, 15) is 4.79 Å². The Balaban J connectivity index is 1.75. The van der Waals surface area contributed by atoms with Gasteiger partial charge in [0.15, 0.2) is 0 Å². The maximum atomic E-state index is 11.7. The Bertz CT molecular complexity index is 929. The first kappa shape index (κ1) is 19.4. The molecule has 0 bridgehead atoms. The number of amides is 1. The monoisotopic (exact) mass is 376 g/mol. The number of anilines is 1. The number of aromatic nitrogens is 1. The standard InChI is InChI=1S/C21H24N6O/c1-14(28)27-8-7-20(24-2)19(13-27)21(23)26-18-5-3-16(4-6-18)17-9-15(10-22)11-25-12-17/h3-6,9,11-12,21,24,26H,7-8,13,23H2,1-2H3. The molecule has 1 atom stereocenters. The molecule has 7 nitrogen and oxygen atoms in total. The van der Waals surface area contributed by atoms with Gasteiger partial charge in [0.1, 0.15) is 12.2 Å². The second-order valence-electron chi connectivity index (χ2n) is 6.72. The summed E-state index contributed by atoms with van der Waals surface area (Å²) in [5.74, 6) is 0.0532. The topological polar surface area (TPSA) is 107 Å². The second kappa shape index (κ2) is 8.55. The zero-order valence-corrected chi connectivity index (χ0v) is 16.1. The summed E-state index contributed by atoms with van der Waals surface area (Å²) in [5, 5.41) is 15.5. The summed E-state index contributed by atoms with van der Waals surface area (Å²) < 4.78 is 0. The van der Waals surface area contributed by atoms with E-state index >= 15 is 0 Å². The number of pyridine rings is 1. The molecule has 7 heteroatoms. The number of nitriles is 1. The van der Waals surface area contributed by atoms with Crippen LogP contribution in [0.25, 0.3) is 11.1 Å². The van der Waals surface area contributed by atoms with E-state index in [0.29, 0.717) is 18.7 Å². The summed E-state index contributed by atoms with van der Waals surface area (Å²) in [7, 11) is 1.88. The first-order valence-corrected chi connectivity index (χ1v) is 9.14. The van der Waals surface area contributed by atoms with E-state index < -0.39 is 6.17 Å². The van der Waals surface area contributed by atoms with Crippen molar-refractivity contribution < 1.29 is 4.79 Å². The zero-order chi connectivity index (χ0) is 20.1. The normalized spacial score (nSPS) is 15.0. The van der Waals surface area contributed by atoms with Crippen LogP contribution >= 0.6 is 0 Å². The highest BCUT2D eigenvalue weighted by Crippen LogP contribution is 2.23. The van der Waals surface area contributed by atoms with Gasteiger partial charge in [0.25, 0.3) is 0 Å². The lowest BCUT2D eigenvalue weighted by Crippen LogP contribution is -2.45. The molecule has 2 aromatic rings. The van der Waals surface area contributed by atoms with Crippen LogP contribution in [-0.4, -0.2) is 42.1 Å². The van der Waals surface area contributed by atoms with Crippen molar-refractivity contribution >= 4 is 11.6 Å². The lowest BCUT2D eigenvalue weighted by molar-refractivity contribution is -0.128. The van der Waals surface area contributed by atoms with E-state index in [1.54, 1.807) is 24.2 Å². The van der Waals surface area contributed by atoms with Crippen LogP contribution in [0.4, 0.5) is 5.69 Å². The van der Waals surface area contributed by atoms with Crippen molar-refractivity contribution in [3.8, 4) is 17.2 Å². The number of hydrogen-bond donors (Lipinski definition) is 3. The van der Waals surface area contributed by atoms with Gasteiger partial charge in [-0.15, -0.1) is 0 Å². The number of carbonyl (C=O) groups excluding carboxylic acids is 1. The van der Waals surface area contributed by atoms with E-state index in [4.69, 9.17) is 11.0 Å². The number of benzene rings is 1. The van der Waals surface area contributed by atoms with Crippen LogP contribution in [0, 0.1) is 11.3 Å². The molecule has 1 aromatic heterocycles. The molecule has 0 spiro atoms. The van der Waals surface area contributed by atoms with E-state index in [1.807, 2.05) is 37.4 Å². The highest BCUT2D eigenvalue weighted by molar-refractivity contribution is 5.74. The van der Waals surface area contributed by atoms with Gasteiger partial charge in [-0.3, -0.25) is 9.78 Å². The van der Waals surface area contributed by atoms with Gasteiger partial charge in [0.2, 0.25) is 5.91 Å². The third-order valence-electron chi connectivity index (χ3n) is 4.91. The number of rotatable bonds is 5. The van der Waals surface area contributed by atoms with Gasteiger partial charge in [0, 0.05) is 68.4 Å². The summed E-state index contributed by atoms with van der Waals surface area (Å²) in [6.07, 6.45) is 3.64. The maximum Gasteiger partial charge on any atom is 0.219 e. The summed E-state index contributed by atoms with van der Waals surface area (Å²) in [6.45, 7) is 2.80. The molecule has 28 heavy (non-hydrogen) atoms. The van der Waals surface area contributed by atoms with Crippen LogP contribution in [0.5, 0.6) is 0 Å². The Morgan fingerprint density at radius 3 is 2.68 bits per heavy atom.